The van der Waals surface area contributed by atoms with Crippen LogP contribution in [0.5, 0.6) is 0 Å². The van der Waals surface area contributed by atoms with Crippen LogP contribution in [0.4, 0.5) is 16.2 Å². The predicted octanol–water partition coefficient (Wildman–Crippen LogP) is 2.37. The fourth-order valence-electron chi connectivity index (χ4n) is 3.60. The molecule has 4 aromatic rings. The molecular weight excluding hydrogens is 451 g/mol. The number of rotatable bonds is 8. The van der Waals surface area contributed by atoms with E-state index in [1.165, 1.54) is 24.4 Å². The number of benzene rings is 1. The van der Waals surface area contributed by atoms with Crippen LogP contribution in [0, 0.1) is 5.82 Å². The van der Waals surface area contributed by atoms with E-state index in [4.69, 9.17) is 11.5 Å². The standard InChI is InChI=1S/C24H21FN8O2/c25-15-4-2-14(3-5-15)16-7-8-17-19(30-16)21(33-24(9-10-24)22(27)35)32-23(31-17)29-12-13-1-6-18(20(26)34)28-11-13/h1-8,11H,9-10,12H2,(H2,26,34)(H2,27,35)(H2,29,31,32,33). The number of pyridine rings is 2. The number of carbonyl (C=O) groups is 2. The molecule has 1 fully saturated rings. The van der Waals surface area contributed by atoms with Crippen LogP contribution in [0.25, 0.3) is 22.3 Å². The fourth-order valence-corrected chi connectivity index (χ4v) is 3.60. The van der Waals surface area contributed by atoms with E-state index in [1.54, 1.807) is 30.3 Å². The summed E-state index contributed by atoms with van der Waals surface area (Å²) < 4.78 is 13.4. The van der Waals surface area contributed by atoms with E-state index in [2.05, 4.69) is 30.6 Å². The van der Waals surface area contributed by atoms with Crippen LogP contribution in [0.15, 0.2) is 54.7 Å². The van der Waals surface area contributed by atoms with Crippen molar-refractivity contribution in [2.45, 2.75) is 24.9 Å². The molecule has 1 aromatic carbocycles. The minimum Gasteiger partial charge on any atom is -0.368 e. The molecule has 2 amide bonds. The second-order valence-electron chi connectivity index (χ2n) is 8.31. The number of hydrogen-bond acceptors (Lipinski definition) is 8. The molecule has 0 spiro atoms. The molecule has 35 heavy (non-hydrogen) atoms. The van der Waals surface area contributed by atoms with Gasteiger partial charge in [0.05, 0.1) is 11.2 Å². The first-order valence-electron chi connectivity index (χ1n) is 10.8. The van der Waals surface area contributed by atoms with Crippen molar-refractivity contribution in [2.75, 3.05) is 10.6 Å². The zero-order chi connectivity index (χ0) is 24.6. The molecule has 3 heterocycles. The lowest BCUT2D eigenvalue weighted by Gasteiger charge is -2.17. The number of carbonyl (C=O) groups excluding carboxylic acids is 2. The monoisotopic (exact) mass is 472 g/mol. The number of fused-ring (bicyclic) bond motifs is 1. The first kappa shape index (κ1) is 22.1. The predicted molar refractivity (Wildman–Crippen MR) is 128 cm³/mol. The van der Waals surface area contributed by atoms with Gasteiger partial charge in [-0.25, -0.2) is 14.4 Å². The molecule has 0 unspecified atom stereocenters. The van der Waals surface area contributed by atoms with Gasteiger partial charge in [0.15, 0.2) is 5.82 Å². The van der Waals surface area contributed by atoms with E-state index in [-0.39, 0.29) is 11.5 Å². The zero-order valence-corrected chi connectivity index (χ0v) is 18.5. The summed E-state index contributed by atoms with van der Waals surface area (Å²) in [6, 6.07) is 12.8. The van der Waals surface area contributed by atoms with E-state index >= 15 is 0 Å². The highest BCUT2D eigenvalue weighted by molar-refractivity contribution is 5.95. The molecule has 5 rings (SSSR count). The lowest BCUT2D eigenvalue weighted by Crippen LogP contribution is -2.38. The van der Waals surface area contributed by atoms with E-state index in [0.29, 0.717) is 47.9 Å². The number of nitrogens with one attached hydrogen (secondary N) is 2. The van der Waals surface area contributed by atoms with Gasteiger partial charge in [0, 0.05) is 18.3 Å². The highest BCUT2D eigenvalue weighted by Gasteiger charge is 2.49. The third-order valence-electron chi connectivity index (χ3n) is 5.79. The second-order valence-corrected chi connectivity index (χ2v) is 8.31. The Hall–Kier alpha value is -4.67. The Morgan fingerprint density at radius 3 is 2.37 bits per heavy atom. The Labute approximate surface area is 199 Å². The molecule has 10 nitrogen and oxygen atoms in total. The van der Waals surface area contributed by atoms with E-state index in [9.17, 15) is 14.0 Å². The van der Waals surface area contributed by atoms with Crippen molar-refractivity contribution in [1.29, 1.82) is 0 Å². The number of amides is 2. The molecule has 0 saturated heterocycles. The Bertz CT molecular complexity index is 1440. The maximum atomic E-state index is 13.4. The maximum absolute atomic E-state index is 13.4. The van der Waals surface area contributed by atoms with Crippen molar-refractivity contribution >= 4 is 34.6 Å². The van der Waals surface area contributed by atoms with Gasteiger partial charge in [-0.3, -0.25) is 14.6 Å². The second kappa shape index (κ2) is 8.60. The normalized spacial score (nSPS) is 13.9. The summed E-state index contributed by atoms with van der Waals surface area (Å²) in [5, 5.41) is 6.29. The number of nitrogens with two attached hydrogens (primary N) is 2. The van der Waals surface area contributed by atoms with Gasteiger partial charge in [-0.05, 0) is 60.9 Å². The third kappa shape index (κ3) is 4.56. The average molecular weight is 472 g/mol. The fraction of sp³-hybridized carbons (Fsp3) is 0.167. The van der Waals surface area contributed by atoms with Crippen molar-refractivity contribution in [3.05, 3.63) is 71.8 Å². The van der Waals surface area contributed by atoms with Gasteiger partial charge >= 0.3 is 0 Å². The summed E-state index contributed by atoms with van der Waals surface area (Å²) in [4.78, 5) is 41.1. The first-order valence-corrected chi connectivity index (χ1v) is 10.8. The summed E-state index contributed by atoms with van der Waals surface area (Å²) in [5.41, 5.74) is 13.3. The Balaban J connectivity index is 1.49. The van der Waals surface area contributed by atoms with Crippen LogP contribution < -0.4 is 22.1 Å². The number of hydrogen-bond donors (Lipinski definition) is 4. The molecule has 6 N–H and O–H groups in total. The number of anilines is 2. The summed E-state index contributed by atoms with van der Waals surface area (Å²) in [7, 11) is 0. The summed E-state index contributed by atoms with van der Waals surface area (Å²) in [6.07, 6.45) is 2.72. The maximum Gasteiger partial charge on any atom is 0.267 e. The van der Waals surface area contributed by atoms with E-state index < -0.39 is 17.4 Å². The minimum atomic E-state index is -0.874. The van der Waals surface area contributed by atoms with E-state index in [0.717, 1.165) is 11.1 Å². The Kier molecular flexibility index (Phi) is 5.44. The van der Waals surface area contributed by atoms with Gasteiger partial charge in [-0.1, -0.05) is 6.07 Å². The van der Waals surface area contributed by atoms with Gasteiger partial charge in [-0.15, -0.1) is 0 Å². The zero-order valence-electron chi connectivity index (χ0n) is 18.5. The van der Waals surface area contributed by atoms with Crippen LogP contribution in [0.2, 0.25) is 0 Å². The Morgan fingerprint density at radius 2 is 1.74 bits per heavy atom. The third-order valence-corrected chi connectivity index (χ3v) is 5.79. The minimum absolute atomic E-state index is 0.173. The van der Waals surface area contributed by atoms with Gasteiger partial charge in [-0.2, -0.15) is 4.98 Å². The van der Waals surface area contributed by atoms with Crippen LogP contribution in [-0.4, -0.2) is 37.3 Å². The van der Waals surface area contributed by atoms with Crippen LogP contribution in [0.3, 0.4) is 0 Å². The molecule has 1 aliphatic rings. The summed E-state index contributed by atoms with van der Waals surface area (Å²) in [6.45, 7) is 0.332. The number of halogens is 1. The average Bonchev–Trinajstić information content (AvgIpc) is 3.64. The molecule has 0 bridgehead atoms. The largest absolute Gasteiger partial charge is 0.368 e. The molecule has 176 valence electrons. The Morgan fingerprint density at radius 1 is 0.971 bits per heavy atom. The molecule has 11 heteroatoms. The number of aromatic nitrogens is 4. The van der Waals surface area contributed by atoms with Gasteiger partial charge < -0.3 is 22.1 Å². The van der Waals surface area contributed by atoms with Gasteiger partial charge in [0.1, 0.15) is 22.6 Å². The van der Waals surface area contributed by atoms with Gasteiger partial charge in [0.2, 0.25) is 11.9 Å². The highest BCUT2D eigenvalue weighted by Crippen LogP contribution is 2.39. The van der Waals surface area contributed by atoms with Crippen LogP contribution >= 0.6 is 0 Å². The van der Waals surface area contributed by atoms with E-state index in [1.807, 2.05) is 0 Å². The molecule has 1 aliphatic carbocycles. The molecule has 0 radical (unpaired) electrons. The molecule has 3 aromatic heterocycles. The smallest absolute Gasteiger partial charge is 0.267 e. The van der Waals surface area contributed by atoms with Crippen molar-refractivity contribution in [1.82, 2.24) is 19.9 Å². The molecule has 0 atom stereocenters. The first-order chi connectivity index (χ1) is 16.8. The molecular formula is C24H21FN8O2. The SMILES string of the molecule is NC(=O)c1ccc(CNc2nc(NC3(C(N)=O)CC3)c3nc(-c4ccc(F)cc4)ccc3n2)cn1. The van der Waals surface area contributed by atoms with Crippen LogP contribution in [0.1, 0.15) is 28.9 Å². The molecule has 0 aliphatic heterocycles. The van der Waals surface area contributed by atoms with Crippen molar-refractivity contribution < 1.29 is 14.0 Å². The van der Waals surface area contributed by atoms with Crippen molar-refractivity contribution in [2.24, 2.45) is 11.5 Å². The van der Waals surface area contributed by atoms with Crippen molar-refractivity contribution in [3.63, 3.8) is 0 Å². The number of primary amides is 2. The van der Waals surface area contributed by atoms with Crippen LogP contribution in [-0.2, 0) is 11.3 Å². The molecule has 1 saturated carbocycles. The quantitative estimate of drug-likeness (QED) is 0.304. The lowest BCUT2D eigenvalue weighted by atomic mass is 10.1. The van der Waals surface area contributed by atoms with Gasteiger partial charge in [0.25, 0.3) is 5.91 Å². The highest BCUT2D eigenvalue weighted by atomic mass is 19.1. The summed E-state index contributed by atoms with van der Waals surface area (Å²) in [5.74, 6) is -0.744. The topological polar surface area (TPSA) is 162 Å². The van der Waals surface area contributed by atoms with Crippen molar-refractivity contribution in [3.8, 4) is 11.3 Å². The summed E-state index contributed by atoms with van der Waals surface area (Å²) >= 11 is 0. The lowest BCUT2D eigenvalue weighted by molar-refractivity contribution is -0.119. The number of nitrogens with zero attached hydrogens (tertiary/aromatic N) is 4.